The Morgan fingerprint density at radius 1 is 1.46 bits per heavy atom. The minimum atomic E-state index is -0.511. The van der Waals surface area contributed by atoms with E-state index in [2.05, 4.69) is 6.58 Å². The number of aliphatic hydroxyl groups is 1. The molecule has 0 radical (unpaired) electrons. The number of ether oxygens (including phenoxy) is 2. The van der Waals surface area contributed by atoms with Crippen LogP contribution in [-0.4, -0.2) is 29.9 Å². The fourth-order valence-electron chi connectivity index (χ4n) is 3.31. The Morgan fingerprint density at radius 3 is 2.88 bits per heavy atom. The minimum Gasteiger partial charge on any atom is -0.485 e. The molecule has 0 amide bonds. The van der Waals surface area contributed by atoms with Crippen LogP contribution in [-0.2, 0) is 9.53 Å². The third-order valence-electron chi connectivity index (χ3n) is 4.48. The number of rotatable bonds is 3. The van der Waals surface area contributed by atoms with Gasteiger partial charge in [-0.2, -0.15) is 0 Å². The first-order valence-corrected chi connectivity index (χ1v) is 7.87. The molecule has 6 nitrogen and oxygen atoms in total. The Morgan fingerprint density at radius 2 is 2.21 bits per heavy atom. The number of hydrogen-bond donors (Lipinski definition) is 1. The molecular weight excluding hydrogens is 312 g/mol. The molecule has 128 valence electrons. The van der Waals surface area contributed by atoms with Crippen LogP contribution in [0, 0.1) is 12.8 Å². The van der Waals surface area contributed by atoms with Crippen molar-refractivity contribution in [2.24, 2.45) is 5.92 Å². The Balaban J connectivity index is 2.02. The van der Waals surface area contributed by atoms with Crippen molar-refractivity contribution in [1.29, 1.82) is 0 Å². The maximum absolute atomic E-state index is 12.1. The maximum atomic E-state index is 12.1. The van der Waals surface area contributed by atoms with Crippen LogP contribution in [0.2, 0.25) is 0 Å². The van der Waals surface area contributed by atoms with Gasteiger partial charge in [0.25, 0.3) is 0 Å². The largest absolute Gasteiger partial charge is 0.485 e. The van der Waals surface area contributed by atoms with Crippen LogP contribution in [0.25, 0.3) is 6.08 Å². The van der Waals surface area contributed by atoms with Crippen LogP contribution in [0.5, 0.6) is 5.75 Å². The van der Waals surface area contributed by atoms with E-state index in [1.165, 1.54) is 6.92 Å². The molecule has 0 aromatic carbocycles. The number of aliphatic hydroxyl groups excluding tert-OH is 1. The molecular formula is C18H20O6. The molecule has 0 spiro atoms. The molecule has 1 fully saturated rings. The molecule has 1 aliphatic heterocycles. The topological polar surface area (TPSA) is 86.0 Å². The molecule has 2 heterocycles. The first kappa shape index (κ1) is 16.5. The molecule has 3 atom stereocenters. The molecule has 0 saturated heterocycles. The van der Waals surface area contributed by atoms with Crippen molar-refractivity contribution < 1.29 is 23.8 Å². The number of esters is 1. The van der Waals surface area contributed by atoms with E-state index in [1.54, 1.807) is 19.1 Å². The second-order valence-corrected chi connectivity index (χ2v) is 6.26. The van der Waals surface area contributed by atoms with Crippen LogP contribution in [0.4, 0.5) is 0 Å². The van der Waals surface area contributed by atoms with Gasteiger partial charge in [0.2, 0.25) is 0 Å². The van der Waals surface area contributed by atoms with Gasteiger partial charge < -0.3 is 19.0 Å². The first-order valence-electron chi connectivity index (χ1n) is 7.87. The summed E-state index contributed by atoms with van der Waals surface area (Å²) >= 11 is 0. The summed E-state index contributed by atoms with van der Waals surface area (Å²) in [6.07, 6.45) is 1.99. The van der Waals surface area contributed by atoms with Crippen LogP contribution in [0.3, 0.4) is 0 Å². The van der Waals surface area contributed by atoms with Gasteiger partial charge in [-0.05, 0) is 37.3 Å². The highest BCUT2D eigenvalue weighted by molar-refractivity contribution is 5.68. The molecule has 1 saturated carbocycles. The molecule has 3 rings (SSSR count). The van der Waals surface area contributed by atoms with Gasteiger partial charge in [-0.1, -0.05) is 6.58 Å². The molecule has 6 heteroatoms. The Labute approximate surface area is 139 Å². The lowest BCUT2D eigenvalue weighted by Crippen LogP contribution is -2.41. The van der Waals surface area contributed by atoms with E-state index in [0.29, 0.717) is 35.5 Å². The van der Waals surface area contributed by atoms with E-state index in [4.69, 9.17) is 13.9 Å². The normalized spacial score (nSPS) is 25.0. The highest BCUT2D eigenvalue weighted by atomic mass is 16.5. The van der Waals surface area contributed by atoms with Gasteiger partial charge in [0, 0.05) is 18.6 Å². The molecule has 24 heavy (non-hydrogen) atoms. The number of hydrogen-bond acceptors (Lipinski definition) is 6. The van der Waals surface area contributed by atoms with E-state index in [9.17, 15) is 14.7 Å². The van der Waals surface area contributed by atoms with Gasteiger partial charge in [0.1, 0.15) is 29.3 Å². The lowest BCUT2D eigenvalue weighted by Gasteiger charge is -2.39. The summed E-state index contributed by atoms with van der Waals surface area (Å²) in [4.78, 5) is 23.5. The Hall–Kier alpha value is -2.34. The number of aryl methyl sites for hydroxylation is 1. The van der Waals surface area contributed by atoms with Crippen LogP contribution in [0.15, 0.2) is 33.0 Å². The molecule has 2 aliphatic rings. The van der Waals surface area contributed by atoms with Gasteiger partial charge >= 0.3 is 11.6 Å². The predicted octanol–water partition coefficient (Wildman–Crippen LogP) is 1.98. The maximum Gasteiger partial charge on any atom is 0.346 e. The summed E-state index contributed by atoms with van der Waals surface area (Å²) < 4.78 is 16.5. The lowest BCUT2D eigenvalue weighted by atomic mass is 9.77. The zero-order valence-corrected chi connectivity index (χ0v) is 13.7. The van der Waals surface area contributed by atoms with Gasteiger partial charge in [0.05, 0.1) is 6.61 Å². The van der Waals surface area contributed by atoms with Gasteiger partial charge in [-0.3, -0.25) is 4.79 Å². The SMILES string of the molecule is C=C(CO)[C@@H]1C[C@@H]2Oc3cc(C)oc(=O)c3C=C2[C@H](OC(C)=O)C1. The van der Waals surface area contributed by atoms with Crippen molar-refractivity contribution >= 4 is 12.0 Å². The Bertz CT molecular complexity index is 772. The van der Waals surface area contributed by atoms with E-state index < -0.39 is 17.7 Å². The standard InChI is InChI=1S/C18H20O6/c1-9(8-19)12-5-16(23-11(3)20)13-7-14-15(24-17(13)6-12)4-10(2)22-18(14)21/h4,7,12,16-17,19H,1,5-6,8H2,2-3H3/t12-,16+,17-/m0/s1. The van der Waals surface area contributed by atoms with Gasteiger partial charge in [0.15, 0.2) is 0 Å². The first-order chi connectivity index (χ1) is 11.4. The summed E-state index contributed by atoms with van der Waals surface area (Å²) in [5.41, 5.74) is 1.29. The summed E-state index contributed by atoms with van der Waals surface area (Å²) in [6, 6.07) is 1.68. The summed E-state index contributed by atoms with van der Waals surface area (Å²) in [6.45, 7) is 6.79. The second-order valence-electron chi connectivity index (χ2n) is 6.26. The number of carbonyl (C=O) groups excluding carboxylic acids is 1. The molecule has 1 N–H and O–H groups in total. The third-order valence-corrected chi connectivity index (χ3v) is 4.48. The van der Waals surface area contributed by atoms with E-state index >= 15 is 0 Å². The zero-order valence-electron chi connectivity index (χ0n) is 13.7. The molecule has 1 aliphatic carbocycles. The summed E-state index contributed by atoms with van der Waals surface area (Å²) in [5, 5.41) is 9.37. The highest BCUT2D eigenvalue weighted by Gasteiger charge is 2.40. The van der Waals surface area contributed by atoms with Crippen molar-refractivity contribution in [3.05, 3.63) is 45.5 Å². The molecule has 0 bridgehead atoms. The van der Waals surface area contributed by atoms with E-state index in [-0.39, 0.29) is 18.6 Å². The van der Waals surface area contributed by atoms with Crippen molar-refractivity contribution in [3.63, 3.8) is 0 Å². The quantitative estimate of drug-likeness (QED) is 0.673. The molecule has 1 aromatic heterocycles. The summed E-state index contributed by atoms with van der Waals surface area (Å²) in [5.74, 6) is 0.509. The van der Waals surface area contributed by atoms with Crippen LogP contribution in [0.1, 0.15) is 31.1 Å². The third kappa shape index (κ3) is 3.01. The predicted molar refractivity (Wildman–Crippen MR) is 86.6 cm³/mol. The fourth-order valence-corrected chi connectivity index (χ4v) is 3.31. The van der Waals surface area contributed by atoms with Crippen molar-refractivity contribution in [3.8, 4) is 5.75 Å². The lowest BCUT2D eigenvalue weighted by molar-refractivity contribution is -0.146. The van der Waals surface area contributed by atoms with E-state index in [1.807, 2.05) is 0 Å². The van der Waals surface area contributed by atoms with Gasteiger partial charge in [-0.25, -0.2) is 4.79 Å². The highest BCUT2D eigenvalue weighted by Crippen LogP contribution is 2.41. The fraction of sp³-hybridized carbons (Fsp3) is 0.444. The van der Waals surface area contributed by atoms with Gasteiger partial charge in [-0.15, -0.1) is 0 Å². The number of carbonyl (C=O) groups is 1. The van der Waals surface area contributed by atoms with Crippen molar-refractivity contribution in [2.45, 2.75) is 38.9 Å². The van der Waals surface area contributed by atoms with Crippen LogP contribution >= 0.6 is 0 Å². The minimum absolute atomic E-state index is 0.0238. The average Bonchev–Trinajstić information content (AvgIpc) is 2.51. The monoisotopic (exact) mass is 332 g/mol. The smallest absolute Gasteiger partial charge is 0.346 e. The second kappa shape index (κ2) is 6.28. The van der Waals surface area contributed by atoms with E-state index in [0.717, 1.165) is 5.57 Å². The molecule has 0 unspecified atom stereocenters. The van der Waals surface area contributed by atoms with Crippen molar-refractivity contribution in [1.82, 2.24) is 0 Å². The molecule has 1 aromatic rings. The van der Waals surface area contributed by atoms with Crippen LogP contribution < -0.4 is 10.4 Å². The Kier molecular flexibility index (Phi) is 4.32. The van der Waals surface area contributed by atoms with Crippen molar-refractivity contribution in [2.75, 3.05) is 6.61 Å². The zero-order chi connectivity index (χ0) is 17.4. The number of fused-ring (bicyclic) bond motifs is 2. The summed E-state index contributed by atoms with van der Waals surface area (Å²) in [7, 11) is 0. The average molecular weight is 332 g/mol.